The molecule has 2 aliphatic carbocycles. The zero-order valence-corrected chi connectivity index (χ0v) is 26.0. The molecule has 0 amide bonds. The van der Waals surface area contributed by atoms with Crippen molar-refractivity contribution in [2.45, 2.75) is 43.0 Å². The van der Waals surface area contributed by atoms with Crippen molar-refractivity contribution in [1.29, 1.82) is 0 Å². The smallest absolute Gasteiger partial charge is 1.00 e. The Morgan fingerprint density at radius 3 is 1.94 bits per heavy atom. The minimum absolute atomic E-state index is 0. The van der Waals surface area contributed by atoms with Crippen LogP contribution in [0.25, 0.3) is 16.9 Å². The average Bonchev–Trinajstić information content (AvgIpc) is 3.25. The summed E-state index contributed by atoms with van der Waals surface area (Å²) in [5, 5.41) is 0. The monoisotopic (exact) mass is 599 g/mol. The predicted octanol–water partition coefficient (Wildman–Crippen LogP) is 1.37. The van der Waals surface area contributed by atoms with Crippen LogP contribution in [0.5, 0.6) is 0 Å². The molecule has 3 aromatic rings. The molecule has 0 saturated carbocycles. The van der Waals surface area contributed by atoms with Crippen molar-refractivity contribution in [1.82, 2.24) is 0 Å². The number of hydrogen-bond donors (Lipinski definition) is 0. The van der Waals surface area contributed by atoms with Gasteiger partial charge in [0.2, 0.25) is 0 Å². The van der Waals surface area contributed by atoms with Crippen LogP contribution in [-0.4, -0.2) is 18.6 Å². The molecular formula is C29H31Cl2O2SiZr. The first-order valence-corrected chi connectivity index (χ1v) is 17.7. The van der Waals surface area contributed by atoms with Gasteiger partial charge in [-0.15, -0.1) is 0 Å². The van der Waals surface area contributed by atoms with Crippen LogP contribution < -0.4 is 24.8 Å². The van der Waals surface area contributed by atoms with Crippen LogP contribution in [0.2, 0.25) is 19.6 Å². The minimum atomic E-state index is -1.82. The predicted molar refractivity (Wildman–Crippen MR) is 137 cm³/mol. The van der Waals surface area contributed by atoms with Crippen LogP contribution >= 0.6 is 0 Å². The number of methoxy groups -OCH3 is 1. The summed E-state index contributed by atoms with van der Waals surface area (Å²) in [7, 11) is -0.0163. The molecule has 0 saturated heterocycles. The third-order valence-electron chi connectivity index (χ3n) is 6.37. The summed E-state index contributed by atoms with van der Waals surface area (Å²) in [5.74, 6) is 1.98. The van der Waals surface area contributed by atoms with Crippen molar-refractivity contribution >= 4 is 17.3 Å². The maximum Gasteiger partial charge on any atom is -1.00 e. The summed E-state index contributed by atoms with van der Waals surface area (Å²) in [6.45, 7) is 11.4. The van der Waals surface area contributed by atoms with Crippen LogP contribution in [0.4, 0.5) is 0 Å². The Morgan fingerprint density at radius 1 is 0.743 bits per heavy atom. The van der Waals surface area contributed by atoms with Crippen LogP contribution in [0.3, 0.4) is 0 Å². The Bertz CT molecular complexity index is 1310. The van der Waals surface area contributed by atoms with E-state index >= 15 is 0 Å². The topological polar surface area (TPSA) is 18.5 Å². The Labute approximate surface area is 234 Å². The van der Waals surface area contributed by atoms with Crippen LogP contribution in [0, 0.1) is 0 Å². The first-order chi connectivity index (χ1) is 15.8. The number of hydrogen-bond acceptors (Lipinski definition) is 2. The molecule has 2 unspecified atom stereocenters. The van der Waals surface area contributed by atoms with Crippen molar-refractivity contribution in [3.63, 3.8) is 0 Å². The number of halogens is 2. The normalized spacial score (nSPS) is 17.3. The van der Waals surface area contributed by atoms with Gasteiger partial charge in [-0.1, -0.05) is 0 Å². The molecule has 2 nitrogen and oxygen atoms in total. The average molecular weight is 602 g/mol. The van der Waals surface area contributed by atoms with Crippen molar-refractivity contribution < 1.29 is 56.7 Å². The van der Waals surface area contributed by atoms with Crippen LogP contribution in [-0.2, 0) is 31.9 Å². The fraction of sp³-hybridized carbons (Fsp3) is 0.276. The van der Waals surface area contributed by atoms with Gasteiger partial charge < -0.3 is 24.8 Å². The second kappa shape index (κ2) is 10.9. The second-order valence-electron chi connectivity index (χ2n) is 10.1. The Hall–Kier alpha value is -1.45. The molecule has 0 bridgehead atoms. The van der Waals surface area contributed by atoms with E-state index in [2.05, 4.69) is 100 Å². The molecule has 181 valence electrons. The molecular weight excluding hydrogens is 571 g/mol. The first-order valence-electron chi connectivity index (χ1n) is 11.7. The van der Waals surface area contributed by atoms with E-state index in [0.717, 1.165) is 11.5 Å². The van der Waals surface area contributed by atoms with E-state index in [1.807, 2.05) is 0 Å². The Kier molecular flexibility index (Phi) is 8.75. The van der Waals surface area contributed by atoms with Gasteiger partial charge in [0.1, 0.15) is 0 Å². The molecule has 0 N–H and O–H groups in total. The van der Waals surface area contributed by atoms with E-state index in [1.165, 1.54) is 38.9 Å². The van der Waals surface area contributed by atoms with Crippen LogP contribution in [0.15, 0.2) is 72.5 Å². The van der Waals surface area contributed by atoms with Crippen molar-refractivity contribution in [2.75, 3.05) is 7.11 Å². The summed E-state index contributed by atoms with van der Waals surface area (Å²) in [6.07, 6.45) is 0. The number of benzene rings is 3. The Balaban J connectivity index is 0.00000171. The summed E-state index contributed by atoms with van der Waals surface area (Å²) in [5.41, 5.74) is 9.72. The second-order valence-corrected chi connectivity index (χ2v) is 19.1. The molecule has 0 spiro atoms. The first kappa shape index (κ1) is 28.1. The molecule has 2 aliphatic rings. The minimum Gasteiger partial charge on any atom is -1.00 e. The molecule has 0 aromatic heterocycles. The van der Waals surface area contributed by atoms with Gasteiger partial charge in [-0.3, -0.25) is 0 Å². The van der Waals surface area contributed by atoms with Gasteiger partial charge in [-0.05, 0) is 0 Å². The SMILES string of the molecule is COC1=C(O[Si](C)(C)C)c2ccccc2C1c1cccc2c1[CH]([Zr+2]=[C](C)C)c1ccccc1-2.[Cl-].[Cl-]. The van der Waals surface area contributed by atoms with Crippen LogP contribution in [0.1, 0.15) is 51.2 Å². The molecule has 35 heavy (non-hydrogen) atoms. The molecule has 0 aliphatic heterocycles. The largest absolute Gasteiger partial charge is 1.00 e. The summed E-state index contributed by atoms with van der Waals surface area (Å²) in [4.78, 5) is 0. The van der Waals surface area contributed by atoms with Crippen molar-refractivity contribution in [3.8, 4) is 11.1 Å². The van der Waals surface area contributed by atoms with Gasteiger partial charge in [-0.2, -0.15) is 0 Å². The molecule has 0 radical (unpaired) electrons. The Morgan fingerprint density at radius 2 is 1.31 bits per heavy atom. The number of ether oxygens (including phenoxy) is 1. The maximum absolute atomic E-state index is 6.65. The summed E-state index contributed by atoms with van der Waals surface area (Å²) in [6, 6.07) is 24.6. The van der Waals surface area contributed by atoms with E-state index in [0.29, 0.717) is 3.63 Å². The number of rotatable bonds is 5. The third kappa shape index (κ3) is 5.05. The molecule has 2 atom stereocenters. The summed E-state index contributed by atoms with van der Waals surface area (Å²) < 4.78 is 15.0. The van der Waals surface area contributed by atoms with E-state index in [9.17, 15) is 0 Å². The molecule has 6 heteroatoms. The number of allylic oxidation sites excluding steroid dienone is 1. The van der Waals surface area contributed by atoms with Gasteiger partial charge in [0.25, 0.3) is 0 Å². The fourth-order valence-electron chi connectivity index (χ4n) is 5.27. The van der Waals surface area contributed by atoms with Crippen molar-refractivity contribution in [3.05, 3.63) is 100 Å². The summed E-state index contributed by atoms with van der Waals surface area (Å²) >= 11 is -0.784. The van der Waals surface area contributed by atoms with Gasteiger partial charge >= 0.3 is 211 Å². The molecule has 5 rings (SSSR count). The quantitative estimate of drug-likeness (QED) is 0.412. The zero-order chi connectivity index (χ0) is 23.3. The van der Waals surface area contributed by atoms with E-state index in [-0.39, 0.29) is 30.7 Å². The van der Waals surface area contributed by atoms with Gasteiger partial charge in [0.15, 0.2) is 0 Å². The maximum atomic E-state index is 6.65. The van der Waals surface area contributed by atoms with Gasteiger partial charge in [0.05, 0.1) is 0 Å². The fourth-order valence-corrected chi connectivity index (χ4v) is 9.66. The van der Waals surface area contributed by atoms with Crippen molar-refractivity contribution in [2.24, 2.45) is 0 Å². The van der Waals surface area contributed by atoms with Gasteiger partial charge in [-0.25, -0.2) is 0 Å². The molecule has 0 heterocycles. The molecule has 0 fully saturated rings. The van der Waals surface area contributed by atoms with E-state index in [4.69, 9.17) is 9.16 Å². The van der Waals surface area contributed by atoms with E-state index < -0.39 is 31.1 Å². The number of fused-ring (bicyclic) bond motifs is 4. The third-order valence-corrected chi connectivity index (χ3v) is 10.8. The molecule has 3 aromatic carbocycles. The standard InChI is InChI=1S/C26H25O2Si.C3H6.2ClH.Zr/c1-27-26-24(20-12-7-8-13-22(20)25(26)28-29(2,3)4)21-15-9-14-19-18-11-6-5-10-17(18)16-23(19)21;1-3-2;;;/h5-16,24H,1-4H3;1-2H3;2*1H;/q;;;;+2/p-2. The zero-order valence-electron chi connectivity index (χ0n) is 21.1. The van der Waals surface area contributed by atoms with E-state index in [1.54, 1.807) is 10.3 Å². The van der Waals surface area contributed by atoms with Gasteiger partial charge in [0, 0.05) is 0 Å².